The highest BCUT2D eigenvalue weighted by molar-refractivity contribution is 7.84. The molecular weight excluding hydrogens is 580 g/mol. The number of hydrogen-bond acceptors (Lipinski definition) is 13. The third-order valence-corrected chi connectivity index (χ3v) is 7.08. The Bertz CT molecular complexity index is 1460. The quantitative estimate of drug-likeness (QED) is 0.264. The Kier molecular flexibility index (Phi) is 9.95. The summed E-state index contributed by atoms with van der Waals surface area (Å²) < 4.78 is 34.0. The molecule has 2 aliphatic heterocycles. The number of furan rings is 1. The second-order valence-electron chi connectivity index (χ2n) is 9.72. The monoisotopic (exact) mass is 610 g/mol. The predicted octanol–water partition coefficient (Wildman–Crippen LogP) is 3.47. The highest BCUT2D eigenvalue weighted by Crippen LogP contribution is 2.45. The molecule has 1 aromatic carbocycles. The van der Waals surface area contributed by atoms with E-state index in [9.17, 15) is 24.4 Å². The second kappa shape index (κ2) is 13.6. The maximum Gasteiger partial charge on any atom is 0.303 e. The molecule has 0 unspecified atom stereocenters. The summed E-state index contributed by atoms with van der Waals surface area (Å²) >= 11 is 4.77. The molecule has 6 atom stereocenters. The van der Waals surface area contributed by atoms with Crippen molar-refractivity contribution in [2.75, 3.05) is 6.61 Å². The maximum atomic E-state index is 12.4. The van der Waals surface area contributed by atoms with Crippen LogP contribution in [-0.4, -0.2) is 66.0 Å². The average molecular weight is 611 g/mol. The van der Waals surface area contributed by atoms with Gasteiger partial charge in [0.1, 0.15) is 18.5 Å². The van der Waals surface area contributed by atoms with E-state index in [1.165, 1.54) is 18.1 Å². The van der Waals surface area contributed by atoms with E-state index in [1.807, 2.05) is 30.3 Å². The number of nitriles is 1. The summed E-state index contributed by atoms with van der Waals surface area (Å²) in [7, 11) is 0. The number of carbonyl (C=O) groups is 4. The van der Waals surface area contributed by atoms with Gasteiger partial charge in [-0.05, 0) is 23.8 Å². The van der Waals surface area contributed by atoms with E-state index in [2.05, 4.69) is 6.07 Å². The van der Waals surface area contributed by atoms with Crippen LogP contribution in [0.4, 0.5) is 0 Å². The largest absolute Gasteiger partial charge is 0.468 e. The minimum Gasteiger partial charge on any atom is -0.468 e. The van der Waals surface area contributed by atoms with Gasteiger partial charge in [0.05, 0.1) is 28.9 Å². The lowest BCUT2D eigenvalue weighted by Crippen LogP contribution is -2.65. The van der Waals surface area contributed by atoms with Crippen molar-refractivity contribution < 1.29 is 47.3 Å². The smallest absolute Gasteiger partial charge is 0.303 e. The van der Waals surface area contributed by atoms with Gasteiger partial charge in [-0.2, -0.15) is 5.26 Å². The molecule has 4 rings (SSSR count). The van der Waals surface area contributed by atoms with Gasteiger partial charge in [-0.25, -0.2) is 0 Å². The van der Waals surface area contributed by atoms with Crippen molar-refractivity contribution >= 4 is 42.2 Å². The fourth-order valence-electron chi connectivity index (χ4n) is 5.03. The summed E-state index contributed by atoms with van der Waals surface area (Å²) in [5.74, 6) is -3.05. The van der Waals surface area contributed by atoms with Crippen molar-refractivity contribution in [3.63, 3.8) is 0 Å². The zero-order valence-corrected chi connectivity index (χ0v) is 24.7. The minimum atomic E-state index is -1.41. The van der Waals surface area contributed by atoms with Gasteiger partial charge in [0, 0.05) is 33.4 Å². The molecule has 0 N–H and O–H groups in total. The molecule has 2 aromatic rings. The lowest BCUT2D eigenvalue weighted by Gasteiger charge is -2.49. The lowest BCUT2D eigenvalue weighted by molar-refractivity contribution is -0.268. The van der Waals surface area contributed by atoms with Gasteiger partial charge in [0.25, 0.3) is 0 Å². The highest BCUT2D eigenvalue weighted by Gasteiger charge is 2.55. The molecule has 2 aliphatic rings. The first kappa shape index (κ1) is 31.4. The first-order valence-corrected chi connectivity index (χ1v) is 13.7. The molecule has 0 aliphatic carbocycles. The summed E-state index contributed by atoms with van der Waals surface area (Å²) in [5, 5.41) is 10.4. The van der Waals surface area contributed by atoms with Crippen molar-refractivity contribution in [1.82, 2.24) is 4.90 Å². The third-order valence-electron chi connectivity index (χ3n) is 6.62. The molecule has 0 radical (unpaired) electrons. The fraction of sp³-hybridized carbons (Fsp3) is 0.367. The van der Waals surface area contributed by atoms with E-state index in [0.717, 1.165) is 20.8 Å². The number of hydrogen-bond donors (Lipinski definition) is 1. The van der Waals surface area contributed by atoms with Crippen LogP contribution in [0.15, 0.2) is 69.8 Å². The minimum absolute atomic E-state index is 0.131. The summed E-state index contributed by atoms with van der Waals surface area (Å²) in [4.78, 5) is 50.2. The molecule has 13 heteroatoms. The molecule has 0 spiro atoms. The molecule has 0 saturated carbocycles. The van der Waals surface area contributed by atoms with Crippen LogP contribution in [0.25, 0.3) is 5.70 Å². The molecule has 226 valence electrons. The van der Waals surface area contributed by atoms with Crippen LogP contribution in [0.1, 0.15) is 44.9 Å². The Balaban J connectivity index is 1.93. The van der Waals surface area contributed by atoms with Crippen LogP contribution in [0.5, 0.6) is 0 Å². The summed E-state index contributed by atoms with van der Waals surface area (Å²) in [6.07, 6.45) is -3.40. The van der Waals surface area contributed by atoms with E-state index in [-0.39, 0.29) is 10.6 Å². The first-order valence-electron chi connectivity index (χ1n) is 13.2. The Morgan fingerprint density at radius 1 is 0.884 bits per heavy atom. The van der Waals surface area contributed by atoms with E-state index in [1.54, 1.807) is 18.2 Å². The van der Waals surface area contributed by atoms with Crippen LogP contribution < -0.4 is 0 Å². The number of allylic oxidation sites excluding steroid dienone is 2. The third kappa shape index (κ3) is 7.10. The van der Waals surface area contributed by atoms with Gasteiger partial charge in [0.2, 0.25) is 0 Å². The number of benzene rings is 1. The topological polar surface area (TPSA) is 155 Å². The van der Waals surface area contributed by atoms with Crippen molar-refractivity contribution in [1.29, 1.82) is 5.26 Å². The van der Waals surface area contributed by atoms with Gasteiger partial charge in [-0.15, -0.1) is 12.6 Å². The molecule has 1 aromatic heterocycles. The molecule has 43 heavy (non-hydrogen) atoms. The van der Waals surface area contributed by atoms with Gasteiger partial charge in [0.15, 0.2) is 24.5 Å². The van der Waals surface area contributed by atoms with Crippen LogP contribution >= 0.6 is 12.6 Å². The lowest BCUT2D eigenvalue weighted by atomic mass is 9.90. The SMILES string of the molecule is CC(=O)OC[C@H]1O[C@@H](N2C(c3ccccc3)=C[C@H](c3ccco3)C(C#N)=C2S)[C@@H](OC(C)=O)[C@@H](OC(C)=O)[C@H]1OC(C)=O. The fourth-order valence-corrected chi connectivity index (χ4v) is 5.44. The van der Waals surface area contributed by atoms with Gasteiger partial charge < -0.3 is 33.0 Å². The van der Waals surface area contributed by atoms with E-state index in [4.69, 9.17) is 40.7 Å². The van der Waals surface area contributed by atoms with Crippen LogP contribution in [0, 0.1) is 11.3 Å². The number of ether oxygens (including phenoxy) is 5. The normalized spacial score (nSPS) is 25.2. The first-order chi connectivity index (χ1) is 20.5. The molecular formula is C30H30N2O10S. The van der Waals surface area contributed by atoms with E-state index < -0.39 is 67.0 Å². The van der Waals surface area contributed by atoms with Crippen LogP contribution in [-0.2, 0) is 42.9 Å². The van der Waals surface area contributed by atoms with Gasteiger partial charge >= 0.3 is 23.9 Å². The Morgan fingerprint density at radius 2 is 1.51 bits per heavy atom. The maximum absolute atomic E-state index is 12.4. The summed E-state index contributed by atoms with van der Waals surface area (Å²) in [6.45, 7) is 4.23. The molecule has 0 bridgehead atoms. The Hall–Kier alpha value is -4.54. The second-order valence-corrected chi connectivity index (χ2v) is 10.1. The molecule has 3 heterocycles. The zero-order valence-electron chi connectivity index (χ0n) is 23.8. The Morgan fingerprint density at radius 3 is 2.07 bits per heavy atom. The summed E-state index contributed by atoms with van der Waals surface area (Å²) in [5.41, 5.74) is 1.35. The summed E-state index contributed by atoms with van der Waals surface area (Å²) in [6, 6.07) is 14.7. The van der Waals surface area contributed by atoms with Crippen molar-refractivity contribution in [3.8, 4) is 6.07 Å². The van der Waals surface area contributed by atoms with E-state index in [0.29, 0.717) is 17.0 Å². The predicted molar refractivity (Wildman–Crippen MR) is 151 cm³/mol. The number of nitrogens with zero attached hydrogens (tertiary/aromatic N) is 2. The van der Waals surface area contributed by atoms with E-state index >= 15 is 0 Å². The standard InChI is InChI=1S/C30H30N2O10S/c1-16(33)38-15-25-26(39-17(2)34)27(40-18(3)35)28(41-19(4)36)29(42-25)32-23(20-9-6-5-7-10-20)13-21(22(14-31)30(32)43)24-11-8-12-37-24/h5-13,21,25-29,43H,15H2,1-4H3/t21-,25+,26-,27-,28-,29+/m0/s1. The average Bonchev–Trinajstić information content (AvgIpc) is 3.49. The highest BCUT2D eigenvalue weighted by atomic mass is 32.1. The molecule has 0 amide bonds. The van der Waals surface area contributed by atoms with Crippen LogP contribution in [0.3, 0.4) is 0 Å². The van der Waals surface area contributed by atoms with Crippen molar-refractivity contribution in [3.05, 3.63) is 76.7 Å². The van der Waals surface area contributed by atoms with Gasteiger partial charge in [-0.1, -0.05) is 30.3 Å². The number of esters is 4. The zero-order chi connectivity index (χ0) is 31.3. The van der Waals surface area contributed by atoms with Gasteiger partial charge in [-0.3, -0.25) is 19.2 Å². The van der Waals surface area contributed by atoms with Crippen molar-refractivity contribution in [2.24, 2.45) is 0 Å². The number of thiol groups is 1. The van der Waals surface area contributed by atoms with Crippen molar-refractivity contribution in [2.45, 2.75) is 64.3 Å². The Labute approximate surface area is 253 Å². The number of carbonyl (C=O) groups excluding carboxylic acids is 4. The number of rotatable bonds is 8. The molecule has 1 saturated heterocycles. The molecule has 12 nitrogen and oxygen atoms in total. The van der Waals surface area contributed by atoms with Crippen LogP contribution in [0.2, 0.25) is 0 Å². The molecule has 1 fully saturated rings.